The van der Waals surface area contributed by atoms with E-state index in [4.69, 9.17) is 4.74 Å². The number of nitrogens with zero attached hydrogens (tertiary/aromatic N) is 1. The average molecular weight is 348 g/mol. The number of aryl methyl sites for hydroxylation is 1. The van der Waals surface area contributed by atoms with E-state index in [-0.39, 0.29) is 4.83 Å². The van der Waals surface area contributed by atoms with Gasteiger partial charge in [0.15, 0.2) is 0 Å². The Morgan fingerprint density at radius 2 is 1.90 bits per heavy atom. The van der Waals surface area contributed by atoms with Crippen molar-refractivity contribution < 1.29 is 4.74 Å². The number of hydrogen-bond donors (Lipinski definition) is 0. The molecule has 2 rings (SSSR count). The quantitative estimate of drug-likeness (QED) is 0.504. The minimum Gasteiger partial charge on any atom is -0.494 e. The van der Waals surface area contributed by atoms with Crippen LogP contribution < -0.4 is 4.74 Å². The van der Waals surface area contributed by atoms with E-state index in [0.29, 0.717) is 0 Å². The van der Waals surface area contributed by atoms with Gasteiger partial charge in [0.1, 0.15) is 5.75 Å². The van der Waals surface area contributed by atoms with E-state index in [1.165, 1.54) is 11.1 Å². The Morgan fingerprint density at radius 3 is 2.52 bits per heavy atom. The van der Waals surface area contributed by atoms with Gasteiger partial charge in [0.05, 0.1) is 6.61 Å². The van der Waals surface area contributed by atoms with E-state index >= 15 is 0 Å². The molecule has 0 spiro atoms. The van der Waals surface area contributed by atoms with Gasteiger partial charge in [0, 0.05) is 23.1 Å². The van der Waals surface area contributed by atoms with Crippen LogP contribution in [-0.4, -0.2) is 11.6 Å². The summed E-state index contributed by atoms with van der Waals surface area (Å²) in [6.45, 7) is 5.02. The molecule has 0 aliphatic rings. The van der Waals surface area contributed by atoms with Crippen LogP contribution in [0.5, 0.6) is 5.75 Å². The van der Waals surface area contributed by atoms with E-state index in [0.717, 1.165) is 37.3 Å². The molecule has 1 unspecified atom stereocenters. The summed E-state index contributed by atoms with van der Waals surface area (Å²) in [5, 5.41) is 0. The zero-order chi connectivity index (χ0) is 15.1. The maximum Gasteiger partial charge on any atom is 0.119 e. The normalized spacial score (nSPS) is 12.1. The van der Waals surface area contributed by atoms with E-state index < -0.39 is 0 Å². The number of aromatic nitrogens is 1. The van der Waals surface area contributed by atoms with Crippen LogP contribution in [0.25, 0.3) is 0 Å². The van der Waals surface area contributed by atoms with Crippen molar-refractivity contribution in [1.29, 1.82) is 0 Å². The summed E-state index contributed by atoms with van der Waals surface area (Å²) in [6, 6.07) is 12.5. The van der Waals surface area contributed by atoms with Gasteiger partial charge in [-0.25, -0.2) is 0 Å². The summed E-state index contributed by atoms with van der Waals surface area (Å²) in [6.07, 6.45) is 5.06. The number of hydrogen-bond acceptors (Lipinski definition) is 2. The second-order valence-electron chi connectivity index (χ2n) is 5.27. The van der Waals surface area contributed by atoms with Gasteiger partial charge < -0.3 is 4.74 Å². The molecule has 2 aromatic rings. The van der Waals surface area contributed by atoms with Gasteiger partial charge in [-0.05, 0) is 42.7 Å². The van der Waals surface area contributed by atoms with Crippen molar-refractivity contribution in [3.63, 3.8) is 0 Å². The Balaban J connectivity index is 1.93. The molecule has 0 N–H and O–H groups in total. The van der Waals surface area contributed by atoms with Gasteiger partial charge in [-0.15, -0.1) is 0 Å². The third kappa shape index (κ3) is 5.16. The van der Waals surface area contributed by atoms with Gasteiger partial charge in [-0.1, -0.05) is 47.5 Å². The number of rotatable bonds is 7. The molecule has 0 amide bonds. The molecule has 1 heterocycles. The molecule has 2 nitrogen and oxygen atoms in total. The molecule has 0 saturated carbocycles. The summed E-state index contributed by atoms with van der Waals surface area (Å²) in [5.41, 5.74) is 3.55. The van der Waals surface area contributed by atoms with Crippen LogP contribution in [0.15, 0.2) is 42.6 Å². The molecule has 0 saturated heterocycles. The molecule has 112 valence electrons. The molecule has 1 aromatic heterocycles. The molecule has 0 fully saturated rings. The van der Waals surface area contributed by atoms with Gasteiger partial charge in [0.2, 0.25) is 0 Å². The highest BCUT2D eigenvalue weighted by Gasteiger charge is 2.09. The predicted molar refractivity (Wildman–Crippen MR) is 91.2 cm³/mol. The maximum atomic E-state index is 5.68. The summed E-state index contributed by atoms with van der Waals surface area (Å²) in [5.74, 6) is 0.945. The molecule has 21 heavy (non-hydrogen) atoms. The average Bonchev–Trinajstić information content (AvgIpc) is 2.50. The lowest BCUT2D eigenvalue weighted by Gasteiger charge is -2.11. The van der Waals surface area contributed by atoms with Crippen LogP contribution in [0.3, 0.4) is 0 Å². The van der Waals surface area contributed by atoms with Crippen LogP contribution in [-0.2, 0) is 6.42 Å². The third-order valence-corrected chi connectivity index (χ3v) is 4.22. The first-order valence-corrected chi connectivity index (χ1v) is 8.39. The molecule has 0 aliphatic carbocycles. The molecule has 0 aliphatic heterocycles. The number of alkyl halides is 1. The fraction of sp³-hybridized carbons (Fsp3) is 0.389. The van der Waals surface area contributed by atoms with Gasteiger partial charge in [-0.3, -0.25) is 4.98 Å². The summed E-state index contributed by atoms with van der Waals surface area (Å²) >= 11 is 3.75. The van der Waals surface area contributed by atoms with Crippen molar-refractivity contribution in [2.75, 3.05) is 6.61 Å². The SMILES string of the molecule is CCCCOc1ccc(C(Br)Cc2ccc(C)cn2)cc1. The Morgan fingerprint density at radius 1 is 1.14 bits per heavy atom. The maximum absolute atomic E-state index is 5.68. The summed E-state index contributed by atoms with van der Waals surface area (Å²) < 4.78 is 5.68. The van der Waals surface area contributed by atoms with Gasteiger partial charge in [-0.2, -0.15) is 0 Å². The third-order valence-electron chi connectivity index (χ3n) is 3.37. The lowest BCUT2D eigenvalue weighted by atomic mass is 10.1. The molecule has 0 bridgehead atoms. The number of unbranched alkanes of at least 4 members (excludes halogenated alkanes) is 1. The van der Waals surface area contributed by atoms with E-state index in [2.05, 4.69) is 59.0 Å². The largest absolute Gasteiger partial charge is 0.494 e. The van der Waals surface area contributed by atoms with E-state index in [1.807, 2.05) is 18.3 Å². The lowest BCUT2D eigenvalue weighted by molar-refractivity contribution is 0.309. The highest BCUT2D eigenvalue weighted by Crippen LogP contribution is 2.28. The monoisotopic (exact) mass is 347 g/mol. The molecular weight excluding hydrogens is 326 g/mol. The van der Waals surface area contributed by atoms with Crippen molar-refractivity contribution in [1.82, 2.24) is 4.98 Å². The number of pyridine rings is 1. The fourth-order valence-electron chi connectivity index (χ4n) is 2.03. The Hall–Kier alpha value is -1.35. The first-order valence-electron chi connectivity index (χ1n) is 7.47. The van der Waals surface area contributed by atoms with Gasteiger partial charge in [0.25, 0.3) is 0 Å². The molecule has 0 radical (unpaired) electrons. The topological polar surface area (TPSA) is 22.1 Å². The summed E-state index contributed by atoms with van der Waals surface area (Å²) in [7, 11) is 0. The van der Waals surface area contributed by atoms with Gasteiger partial charge >= 0.3 is 0 Å². The minimum atomic E-state index is 0.275. The van der Waals surface area contributed by atoms with E-state index in [1.54, 1.807) is 0 Å². The predicted octanol–water partition coefficient (Wildman–Crippen LogP) is 5.25. The standard InChI is InChI=1S/C18H22BrNO/c1-3-4-11-21-17-9-6-15(7-10-17)18(19)12-16-8-5-14(2)13-20-16/h5-10,13,18H,3-4,11-12H2,1-2H3. The number of benzene rings is 1. The van der Waals surface area contributed by atoms with E-state index in [9.17, 15) is 0 Å². The highest BCUT2D eigenvalue weighted by molar-refractivity contribution is 9.09. The van der Waals surface area contributed by atoms with Crippen molar-refractivity contribution in [3.05, 3.63) is 59.4 Å². The zero-order valence-corrected chi connectivity index (χ0v) is 14.3. The van der Waals surface area contributed by atoms with Crippen molar-refractivity contribution in [2.24, 2.45) is 0 Å². The fourth-order valence-corrected chi connectivity index (χ4v) is 2.66. The van der Waals surface area contributed by atoms with Crippen molar-refractivity contribution in [3.8, 4) is 5.75 Å². The smallest absolute Gasteiger partial charge is 0.119 e. The molecule has 1 atom stereocenters. The Bertz CT molecular complexity index is 536. The van der Waals surface area contributed by atoms with Crippen molar-refractivity contribution >= 4 is 15.9 Å². The molecular formula is C18H22BrNO. The minimum absolute atomic E-state index is 0.275. The Kier molecular flexibility index (Phi) is 6.24. The highest BCUT2D eigenvalue weighted by atomic mass is 79.9. The summed E-state index contributed by atoms with van der Waals surface area (Å²) in [4.78, 5) is 4.73. The van der Waals surface area contributed by atoms with Crippen LogP contribution in [0.4, 0.5) is 0 Å². The second-order valence-corrected chi connectivity index (χ2v) is 6.37. The van der Waals surface area contributed by atoms with Crippen LogP contribution in [0, 0.1) is 6.92 Å². The number of halogens is 1. The first-order chi connectivity index (χ1) is 10.2. The zero-order valence-electron chi connectivity index (χ0n) is 12.7. The van der Waals surface area contributed by atoms with Crippen molar-refractivity contribution in [2.45, 2.75) is 37.9 Å². The second kappa shape index (κ2) is 8.18. The lowest BCUT2D eigenvalue weighted by Crippen LogP contribution is -1.99. The molecule has 3 heteroatoms. The van der Waals surface area contributed by atoms with Crippen LogP contribution in [0.1, 0.15) is 41.4 Å². The Labute approximate surface area is 135 Å². The first kappa shape index (κ1) is 16.0. The number of ether oxygens (including phenoxy) is 1. The van der Waals surface area contributed by atoms with Crippen LogP contribution in [0.2, 0.25) is 0 Å². The van der Waals surface area contributed by atoms with Crippen LogP contribution >= 0.6 is 15.9 Å². The molecule has 1 aromatic carbocycles.